The van der Waals surface area contributed by atoms with Gasteiger partial charge in [0.25, 0.3) is 0 Å². The Balaban J connectivity index is 1.99. The minimum Gasteiger partial charge on any atom is -0.356 e. The van der Waals surface area contributed by atoms with E-state index in [4.69, 9.17) is 11.6 Å². The Bertz CT molecular complexity index is 567. The van der Waals surface area contributed by atoms with Gasteiger partial charge in [0.15, 0.2) is 5.65 Å². The molecule has 2 atom stereocenters. The van der Waals surface area contributed by atoms with Crippen LogP contribution in [0.15, 0.2) is 12.5 Å². The molecular weight excluding hydrogens is 250 g/mol. The van der Waals surface area contributed by atoms with Gasteiger partial charge in [0.1, 0.15) is 12.1 Å². The highest BCUT2D eigenvalue weighted by atomic mass is 35.5. The second-order valence-electron chi connectivity index (χ2n) is 4.93. The van der Waals surface area contributed by atoms with Crippen molar-refractivity contribution in [2.75, 3.05) is 18.0 Å². The van der Waals surface area contributed by atoms with Gasteiger partial charge >= 0.3 is 0 Å². The molecule has 0 N–H and O–H groups in total. The second-order valence-corrected chi connectivity index (χ2v) is 5.49. The van der Waals surface area contributed by atoms with Gasteiger partial charge in [0, 0.05) is 25.5 Å². The van der Waals surface area contributed by atoms with Gasteiger partial charge in [-0.05, 0) is 12.3 Å². The molecule has 0 radical (unpaired) electrons. The number of nitrogens with zero attached hydrogens (tertiary/aromatic N) is 5. The Kier molecular flexibility index (Phi) is 2.86. The smallest absolute Gasteiger partial charge is 0.163 e. The van der Waals surface area contributed by atoms with Crippen LogP contribution in [0, 0.1) is 5.92 Å². The molecule has 3 heterocycles. The Morgan fingerprint density at radius 3 is 3.00 bits per heavy atom. The third-order valence-electron chi connectivity index (χ3n) is 3.61. The van der Waals surface area contributed by atoms with Crippen LogP contribution in [0.2, 0.25) is 0 Å². The number of alkyl halides is 1. The number of hydrogen-bond acceptors (Lipinski definition) is 4. The summed E-state index contributed by atoms with van der Waals surface area (Å²) in [5.41, 5.74) is 0.876. The van der Waals surface area contributed by atoms with Gasteiger partial charge in [-0.1, -0.05) is 6.92 Å². The van der Waals surface area contributed by atoms with Gasteiger partial charge in [-0.15, -0.1) is 11.6 Å². The molecule has 5 nitrogen and oxygen atoms in total. The van der Waals surface area contributed by atoms with Gasteiger partial charge < -0.3 is 4.90 Å². The summed E-state index contributed by atoms with van der Waals surface area (Å²) in [4.78, 5) is 11.0. The lowest BCUT2D eigenvalue weighted by Crippen LogP contribution is -2.40. The molecule has 1 saturated heterocycles. The van der Waals surface area contributed by atoms with E-state index in [0.717, 1.165) is 36.4 Å². The summed E-state index contributed by atoms with van der Waals surface area (Å²) >= 11 is 6.27. The first-order chi connectivity index (χ1) is 8.66. The van der Waals surface area contributed by atoms with Crippen molar-refractivity contribution < 1.29 is 0 Å². The van der Waals surface area contributed by atoms with Crippen LogP contribution >= 0.6 is 11.6 Å². The molecule has 1 aliphatic rings. The molecule has 0 saturated carbocycles. The SMILES string of the molecule is CC1CN(c2ncnc3c2cnn3C)CCC1Cl. The average molecular weight is 266 g/mol. The Morgan fingerprint density at radius 1 is 1.39 bits per heavy atom. The van der Waals surface area contributed by atoms with E-state index in [1.165, 1.54) is 0 Å². The number of anilines is 1. The van der Waals surface area contributed by atoms with Crippen LogP contribution in [0.4, 0.5) is 5.82 Å². The minimum atomic E-state index is 0.271. The van der Waals surface area contributed by atoms with E-state index in [9.17, 15) is 0 Å². The van der Waals surface area contributed by atoms with Crippen LogP contribution in [-0.4, -0.2) is 38.2 Å². The number of halogens is 1. The summed E-state index contributed by atoms with van der Waals surface area (Å²) in [6, 6.07) is 0. The van der Waals surface area contributed by atoms with Crippen molar-refractivity contribution in [1.29, 1.82) is 0 Å². The molecule has 2 aromatic rings. The van der Waals surface area contributed by atoms with Crippen LogP contribution < -0.4 is 4.90 Å². The lowest BCUT2D eigenvalue weighted by molar-refractivity contribution is 0.453. The van der Waals surface area contributed by atoms with Crippen LogP contribution in [-0.2, 0) is 7.05 Å². The fourth-order valence-corrected chi connectivity index (χ4v) is 2.69. The van der Waals surface area contributed by atoms with Gasteiger partial charge in [0.2, 0.25) is 0 Å². The zero-order chi connectivity index (χ0) is 12.7. The van der Waals surface area contributed by atoms with Crippen LogP contribution in [0.1, 0.15) is 13.3 Å². The molecule has 96 valence electrons. The zero-order valence-corrected chi connectivity index (χ0v) is 11.3. The quantitative estimate of drug-likeness (QED) is 0.738. The first kappa shape index (κ1) is 11.7. The molecule has 18 heavy (non-hydrogen) atoms. The zero-order valence-electron chi connectivity index (χ0n) is 10.5. The van der Waals surface area contributed by atoms with Gasteiger partial charge in [-0.3, -0.25) is 4.68 Å². The summed E-state index contributed by atoms with van der Waals surface area (Å²) in [6.45, 7) is 4.07. The first-order valence-electron chi connectivity index (χ1n) is 6.18. The number of piperidine rings is 1. The predicted molar refractivity (Wildman–Crippen MR) is 71.9 cm³/mol. The highest BCUT2D eigenvalue weighted by molar-refractivity contribution is 6.20. The number of fused-ring (bicyclic) bond motifs is 1. The van der Waals surface area contributed by atoms with Crippen molar-refractivity contribution >= 4 is 28.5 Å². The summed E-state index contributed by atoms with van der Waals surface area (Å²) in [5, 5.41) is 5.53. The fraction of sp³-hybridized carbons (Fsp3) is 0.583. The molecule has 0 aliphatic carbocycles. The third-order valence-corrected chi connectivity index (χ3v) is 4.26. The van der Waals surface area contributed by atoms with Gasteiger partial charge in [0.05, 0.1) is 11.6 Å². The van der Waals surface area contributed by atoms with Crippen LogP contribution in [0.5, 0.6) is 0 Å². The second kappa shape index (κ2) is 4.39. The minimum absolute atomic E-state index is 0.271. The van der Waals surface area contributed by atoms with Crippen molar-refractivity contribution in [1.82, 2.24) is 19.7 Å². The maximum absolute atomic E-state index is 6.27. The summed E-state index contributed by atoms with van der Waals surface area (Å²) in [7, 11) is 1.90. The number of aromatic nitrogens is 4. The number of hydrogen-bond donors (Lipinski definition) is 0. The highest BCUT2D eigenvalue weighted by Crippen LogP contribution is 2.28. The molecule has 0 amide bonds. The molecule has 3 rings (SSSR count). The Labute approximate surface area is 111 Å². The van der Waals surface area contributed by atoms with Crippen molar-refractivity contribution in [3.8, 4) is 0 Å². The summed E-state index contributed by atoms with van der Waals surface area (Å²) in [6.07, 6.45) is 4.44. The monoisotopic (exact) mass is 265 g/mol. The molecule has 1 fully saturated rings. The van der Waals surface area contributed by atoms with Crippen molar-refractivity contribution in [3.63, 3.8) is 0 Å². The lowest BCUT2D eigenvalue weighted by Gasteiger charge is -2.35. The molecule has 0 bridgehead atoms. The third kappa shape index (κ3) is 1.82. The van der Waals surface area contributed by atoms with Crippen LogP contribution in [0.25, 0.3) is 11.0 Å². The number of aryl methyl sites for hydroxylation is 1. The van der Waals surface area contributed by atoms with E-state index in [0.29, 0.717) is 5.92 Å². The van der Waals surface area contributed by atoms with Crippen molar-refractivity contribution in [3.05, 3.63) is 12.5 Å². The molecule has 2 unspecified atom stereocenters. The van der Waals surface area contributed by atoms with Crippen molar-refractivity contribution in [2.45, 2.75) is 18.7 Å². The normalized spacial score (nSPS) is 24.7. The molecule has 1 aliphatic heterocycles. The molecular formula is C12H16ClN5. The van der Waals surface area contributed by atoms with E-state index >= 15 is 0 Å². The van der Waals surface area contributed by atoms with E-state index in [1.54, 1.807) is 11.0 Å². The molecule has 2 aromatic heterocycles. The summed E-state index contributed by atoms with van der Waals surface area (Å²) < 4.78 is 1.78. The highest BCUT2D eigenvalue weighted by Gasteiger charge is 2.26. The predicted octanol–water partition coefficient (Wildman–Crippen LogP) is 1.82. The maximum Gasteiger partial charge on any atom is 0.163 e. The Hall–Kier alpha value is -1.36. The van der Waals surface area contributed by atoms with Gasteiger partial charge in [-0.2, -0.15) is 5.10 Å². The van der Waals surface area contributed by atoms with E-state index < -0.39 is 0 Å². The van der Waals surface area contributed by atoms with E-state index in [1.807, 2.05) is 13.2 Å². The molecule has 6 heteroatoms. The lowest BCUT2D eigenvalue weighted by atomic mass is 9.99. The Morgan fingerprint density at radius 2 is 2.22 bits per heavy atom. The van der Waals surface area contributed by atoms with E-state index in [-0.39, 0.29) is 5.38 Å². The van der Waals surface area contributed by atoms with E-state index in [2.05, 4.69) is 26.9 Å². The van der Waals surface area contributed by atoms with Crippen LogP contribution in [0.3, 0.4) is 0 Å². The van der Waals surface area contributed by atoms with Gasteiger partial charge in [-0.25, -0.2) is 9.97 Å². The standard InChI is InChI=1S/C12H16ClN5/c1-8-6-18(4-3-10(8)13)12-9-5-16-17(2)11(9)14-7-15-12/h5,7-8,10H,3-4,6H2,1-2H3. The summed E-state index contributed by atoms with van der Waals surface area (Å²) in [5.74, 6) is 1.45. The fourth-order valence-electron chi connectivity index (χ4n) is 2.51. The molecule has 0 spiro atoms. The largest absolute Gasteiger partial charge is 0.356 e. The van der Waals surface area contributed by atoms with Crippen molar-refractivity contribution in [2.24, 2.45) is 13.0 Å². The molecule has 0 aromatic carbocycles. The number of rotatable bonds is 1. The topological polar surface area (TPSA) is 46.8 Å². The first-order valence-corrected chi connectivity index (χ1v) is 6.62. The maximum atomic E-state index is 6.27. The average Bonchev–Trinajstić information content (AvgIpc) is 2.75.